The number of unbranched alkanes of at least 4 members (excludes halogenated alkanes) is 22. The Morgan fingerprint density at radius 3 is 1.24 bits per heavy atom. The molecule has 0 aliphatic heterocycles. The number of nitrogens with zero attached hydrogens (tertiary/aromatic N) is 1. The molecule has 0 radical (unpaired) electrons. The molecule has 242 valence electrons. The number of halogens is 1. The first-order chi connectivity index (χ1) is 19.4. The summed E-state index contributed by atoms with van der Waals surface area (Å²) in [6.45, 7) is 10.9. The molecular formula is C39H75ClN+. The minimum absolute atomic E-state index is 0. The maximum Gasteiger partial charge on any atom is 0.119 e. The van der Waals surface area contributed by atoms with Crippen molar-refractivity contribution < 1.29 is 4.48 Å². The molecule has 2 heteroatoms. The molecule has 0 saturated carbocycles. The molecule has 0 spiro atoms. The van der Waals surface area contributed by atoms with E-state index in [0.29, 0.717) is 0 Å². The molecule has 1 nitrogen and oxygen atoms in total. The van der Waals surface area contributed by atoms with Gasteiger partial charge in [0, 0.05) is 5.56 Å². The summed E-state index contributed by atoms with van der Waals surface area (Å²) in [7, 11) is 4.94. The summed E-state index contributed by atoms with van der Waals surface area (Å²) in [4.78, 5) is 0. The standard InChI is InChI=1S/C39H74N.ClH/c1-7-9-11-13-15-17-19-20-21-22-24-26-28-32-36-40(5,6)39(3,4)38-35-31-30-34-37(38)33-29-27-25-23-18-16-14-12-10-8-2;/h30-31,34-35H,7-29,32-33,36H2,1-6H3;1H/q+1;. The predicted molar refractivity (Wildman–Crippen MR) is 190 cm³/mol. The zero-order valence-corrected chi connectivity index (χ0v) is 29.9. The van der Waals surface area contributed by atoms with E-state index in [1.165, 1.54) is 167 Å². The fraction of sp³-hybridized carbons (Fsp3) is 0.846. The molecule has 1 aromatic rings. The quantitative estimate of drug-likeness (QED) is 0.0670. The molecule has 0 heterocycles. The Hall–Kier alpha value is -0.530. The van der Waals surface area contributed by atoms with Gasteiger partial charge in [-0.25, -0.2) is 0 Å². The lowest BCUT2D eigenvalue weighted by atomic mass is 9.84. The second-order valence-electron chi connectivity index (χ2n) is 14.2. The van der Waals surface area contributed by atoms with Gasteiger partial charge in [0.25, 0.3) is 0 Å². The molecule has 0 N–H and O–H groups in total. The molecule has 0 aromatic heterocycles. The van der Waals surface area contributed by atoms with Gasteiger partial charge in [-0.15, -0.1) is 12.4 Å². The molecule has 0 aliphatic rings. The first-order valence-corrected chi connectivity index (χ1v) is 18.3. The number of hydrogen-bond acceptors (Lipinski definition) is 0. The third-order valence-corrected chi connectivity index (χ3v) is 10.1. The normalized spacial score (nSPS) is 12.0. The molecule has 41 heavy (non-hydrogen) atoms. The van der Waals surface area contributed by atoms with E-state index in [-0.39, 0.29) is 17.9 Å². The maximum absolute atomic E-state index is 2.49. The van der Waals surface area contributed by atoms with Crippen molar-refractivity contribution in [2.75, 3.05) is 20.6 Å². The van der Waals surface area contributed by atoms with Crippen molar-refractivity contribution >= 4 is 12.4 Å². The average Bonchev–Trinajstić information content (AvgIpc) is 2.94. The van der Waals surface area contributed by atoms with Crippen LogP contribution in [0.5, 0.6) is 0 Å². The van der Waals surface area contributed by atoms with Crippen molar-refractivity contribution in [3.63, 3.8) is 0 Å². The van der Waals surface area contributed by atoms with Crippen LogP contribution in [0.4, 0.5) is 0 Å². The van der Waals surface area contributed by atoms with Gasteiger partial charge in [0.15, 0.2) is 0 Å². The van der Waals surface area contributed by atoms with Gasteiger partial charge in [-0.1, -0.05) is 173 Å². The average molecular weight is 593 g/mol. The van der Waals surface area contributed by atoms with Gasteiger partial charge < -0.3 is 4.48 Å². The van der Waals surface area contributed by atoms with Crippen LogP contribution >= 0.6 is 12.4 Å². The number of quaternary nitrogens is 1. The van der Waals surface area contributed by atoms with Gasteiger partial charge in [0.05, 0.1) is 20.6 Å². The summed E-state index contributed by atoms with van der Waals surface area (Å²) < 4.78 is 1.08. The van der Waals surface area contributed by atoms with Crippen molar-refractivity contribution in [1.82, 2.24) is 0 Å². The Morgan fingerprint density at radius 1 is 0.488 bits per heavy atom. The van der Waals surface area contributed by atoms with E-state index in [9.17, 15) is 0 Å². The Bertz CT molecular complexity index is 695. The Kier molecular flexibility index (Phi) is 25.6. The zero-order chi connectivity index (χ0) is 29.4. The maximum atomic E-state index is 2.49. The highest BCUT2D eigenvalue weighted by Crippen LogP contribution is 2.35. The molecule has 0 atom stereocenters. The van der Waals surface area contributed by atoms with E-state index in [1.807, 2.05) is 0 Å². The fourth-order valence-corrected chi connectivity index (χ4v) is 6.45. The lowest BCUT2D eigenvalue weighted by molar-refractivity contribution is -0.945. The van der Waals surface area contributed by atoms with E-state index < -0.39 is 0 Å². The summed E-state index contributed by atoms with van der Waals surface area (Å²) in [5.74, 6) is 0. The van der Waals surface area contributed by atoms with Crippen LogP contribution in [0.1, 0.15) is 193 Å². The van der Waals surface area contributed by atoms with Crippen LogP contribution in [0.25, 0.3) is 0 Å². The first-order valence-electron chi connectivity index (χ1n) is 18.3. The molecule has 0 fully saturated rings. The number of benzene rings is 1. The van der Waals surface area contributed by atoms with Gasteiger partial charge in [-0.05, 0) is 45.1 Å². The van der Waals surface area contributed by atoms with Gasteiger partial charge in [0.1, 0.15) is 5.54 Å². The molecular weight excluding hydrogens is 518 g/mol. The zero-order valence-electron chi connectivity index (χ0n) is 29.0. The van der Waals surface area contributed by atoms with E-state index in [0.717, 1.165) is 4.48 Å². The summed E-state index contributed by atoms with van der Waals surface area (Å²) in [5.41, 5.74) is 3.33. The van der Waals surface area contributed by atoms with Crippen LogP contribution in [-0.2, 0) is 12.0 Å². The summed E-state index contributed by atoms with van der Waals surface area (Å²) in [6, 6.07) is 9.37. The number of rotatable bonds is 28. The van der Waals surface area contributed by atoms with Crippen molar-refractivity contribution in [2.45, 2.75) is 194 Å². The number of aryl methyl sites for hydroxylation is 1. The smallest absolute Gasteiger partial charge is 0.119 e. The van der Waals surface area contributed by atoms with Crippen LogP contribution in [0.15, 0.2) is 24.3 Å². The lowest BCUT2D eigenvalue weighted by Crippen LogP contribution is -2.54. The van der Waals surface area contributed by atoms with Gasteiger partial charge in [0.2, 0.25) is 0 Å². The Morgan fingerprint density at radius 2 is 0.829 bits per heavy atom. The van der Waals surface area contributed by atoms with Crippen molar-refractivity contribution in [3.8, 4) is 0 Å². The van der Waals surface area contributed by atoms with Crippen molar-refractivity contribution in [2.24, 2.45) is 0 Å². The predicted octanol–water partition coefficient (Wildman–Crippen LogP) is 13.4. The molecule has 1 rings (SSSR count). The van der Waals surface area contributed by atoms with Crippen LogP contribution in [0.3, 0.4) is 0 Å². The summed E-state index contributed by atoms with van der Waals surface area (Å²) in [5, 5.41) is 0. The Balaban J connectivity index is 0.0000160. The lowest BCUT2D eigenvalue weighted by Gasteiger charge is -2.46. The summed E-state index contributed by atoms with van der Waals surface area (Å²) in [6.07, 6.45) is 35.5. The van der Waals surface area contributed by atoms with Crippen molar-refractivity contribution in [1.29, 1.82) is 0 Å². The highest BCUT2D eigenvalue weighted by molar-refractivity contribution is 5.85. The van der Waals surface area contributed by atoms with Gasteiger partial charge in [-0.3, -0.25) is 0 Å². The largest absolute Gasteiger partial charge is 0.320 e. The molecule has 0 aliphatic carbocycles. The van der Waals surface area contributed by atoms with E-state index in [1.54, 1.807) is 11.1 Å². The summed E-state index contributed by atoms with van der Waals surface area (Å²) >= 11 is 0. The molecule has 0 saturated heterocycles. The molecule has 0 bridgehead atoms. The van der Waals surface area contributed by atoms with Crippen LogP contribution in [0.2, 0.25) is 0 Å². The third-order valence-electron chi connectivity index (χ3n) is 10.1. The van der Waals surface area contributed by atoms with E-state index in [4.69, 9.17) is 0 Å². The van der Waals surface area contributed by atoms with Crippen LogP contribution in [0, 0.1) is 0 Å². The minimum Gasteiger partial charge on any atom is -0.320 e. The van der Waals surface area contributed by atoms with Crippen LogP contribution in [-0.4, -0.2) is 25.1 Å². The van der Waals surface area contributed by atoms with Gasteiger partial charge >= 0.3 is 0 Å². The van der Waals surface area contributed by atoms with Crippen molar-refractivity contribution in [3.05, 3.63) is 35.4 Å². The fourth-order valence-electron chi connectivity index (χ4n) is 6.45. The monoisotopic (exact) mass is 593 g/mol. The first kappa shape index (κ1) is 40.5. The molecule has 0 amide bonds. The SMILES string of the molecule is CCCCCCCCCCCCCCCC[N+](C)(C)C(C)(C)c1ccccc1CCCCCCCCCCCC.Cl. The second kappa shape index (κ2) is 25.9. The van der Waals surface area contributed by atoms with E-state index in [2.05, 4.69) is 66.1 Å². The highest BCUT2D eigenvalue weighted by atomic mass is 35.5. The minimum atomic E-state index is 0. The topological polar surface area (TPSA) is 0 Å². The molecule has 0 unspecified atom stereocenters. The van der Waals surface area contributed by atoms with E-state index >= 15 is 0 Å². The highest BCUT2D eigenvalue weighted by Gasteiger charge is 2.39. The molecule has 1 aromatic carbocycles. The Labute approximate surface area is 266 Å². The second-order valence-corrected chi connectivity index (χ2v) is 14.2. The third kappa shape index (κ3) is 18.7. The van der Waals surface area contributed by atoms with Crippen LogP contribution < -0.4 is 0 Å². The number of hydrogen-bond donors (Lipinski definition) is 0. The van der Waals surface area contributed by atoms with Gasteiger partial charge in [-0.2, -0.15) is 0 Å².